The van der Waals surface area contributed by atoms with Crippen molar-refractivity contribution in [3.63, 3.8) is 0 Å². The Balaban J connectivity index is 2.48. The van der Waals surface area contributed by atoms with E-state index in [0.29, 0.717) is 17.1 Å². The average Bonchev–Trinajstić information content (AvgIpc) is 2.76. The second-order valence-electron chi connectivity index (χ2n) is 3.09. The Kier molecular flexibility index (Phi) is 3.05. The molecule has 0 unspecified atom stereocenters. The van der Waals surface area contributed by atoms with Gasteiger partial charge < -0.3 is 4.74 Å². The molecule has 1 aromatic carbocycles. The zero-order valence-electron chi connectivity index (χ0n) is 8.52. The van der Waals surface area contributed by atoms with Crippen molar-refractivity contribution >= 4 is 11.6 Å². The minimum atomic E-state index is -0.434. The van der Waals surface area contributed by atoms with Gasteiger partial charge in [0, 0.05) is 6.07 Å². The first-order chi connectivity index (χ1) is 7.76. The molecule has 0 atom stereocenters. The van der Waals surface area contributed by atoms with Gasteiger partial charge in [0.05, 0.1) is 24.9 Å². The van der Waals surface area contributed by atoms with E-state index in [9.17, 15) is 4.39 Å². The molecule has 0 N–H and O–H groups in total. The summed E-state index contributed by atoms with van der Waals surface area (Å²) in [6.07, 6.45) is 1.50. The number of aromatic nitrogens is 3. The van der Waals surface area contributed by atoms with E-state index in [2.05, 4.69) is 10.3 Å². The second-order valence-corrected chi connectivity index (χ2v) is 3.36. The quantitative estimate of drug-likeness (QED) is 0.773. The summed E-state index contributed by atoms with van der Waals surface area (Å²) in [6, 6.07) is 4.51. The predicted octanol–water partition coefficient (Wildman–Crippen LogP) is 2.15. The normalized spacial score (nSPS) is 10.4. The highest BCUT2D eigenvalue weighted by atomic mass is 35.5. The number of benzene rings is 1. The average molecular weight is 242 g/mol. The molecule has 0 aliphatic carbocycles. The van der Waals surface area contributed by atoms with Gasteiger partial charge in [0.25, 0.3) is 0 Å². The van der Waals surface area contributed by atoms with Crippen LogP contribution < -0.4 is 4.74 Å². The third-order valence-corrected chi connectivity index (χ3v) is 2.41. The zero-order chi connectivity index (χ0) is 11.5. The van der Waals surface area contributed by atoms with Gasteiger partial charge in [0.2, 0.25) is 0 Å². The maximum atomic E-state index is 13.7. The van der Waals surface area contributed by atoms with Crippen molar-refractivity contribution in [3.8, 4) is 11.4 Å². The maximum Gasteiger partial charge on any atom is 0.152 e. The van der Waals surface area contributed by atoms with Crippen LogP contribution >= 0.6 is 11.6 Å². The van der Waals surface area contributed by atoms with Gasteiger partial charge in [-0.05, 0) is 12.1 Å². The van der Waals surface area contributed by atoms with Crippen molar-refractivity contribution in [1.82, 2.24) is 15.0 Å². The SMILES string of the molecule is COc1ccc(-n2nncc2CCl)c(F)c1. The topological polar surface area (TPSA) is 39.9 Å². The van der Waals surface area contributed by atoms with Crippen molar-refractivity contribution < 1.29 is 9.13 Å². The molecule has 0 spiro atoms. The van der Waals surface area contributed by atoms with Crippen LogP contribution in [0.2, 0.25) is 0 Å². The summed E-state index contributed by atoms with van der Waals surface area (Å²) in [5.74, 6) is 0.239. The minimum absolute atomic E-state index is 0.221. The van der Waals surface area contributed by atoms with Crippen molar-refractivity contribution in [1.29, 1.82) is 0 Å². The molecule has 0 aliphatic rings. The van der Waals surface area contributed by atoms with Crippen LogP contribution in [0, 0.1) is 5.82 Å². The first-order valence-electron chi connectivity index (χ1n) is 4.55. The van der Waals surface area contributed by atoms with Gasteiger partial charge in [-0.25, -0.2) is 9.07 Å². The zero-order valence-corrected chi connectivity index (χ0v) is 9.28. The molecule has 16 heavy (non-hydrogen) atoms. The summed E-state index contributed by atoms with van der Waals surface area (Å²) < 4.78 is 20.0. The molecular formula is C10H9ClFN3O. The number of methoxy groups -OCH3 is 1. The molecule has 0 aliphatic heterocycles. The summed E-state index contributed by atoms with van der Waals surface area (Å²) in [4.78, 5) is 0. The molecule has 0 fully saturated rings. The highest BCUT2D eigenvalue weighted by Gasteiger charge is 2.10. The van der Waals surface area contributed by atoms with Gasteiger partial charge in [0.15, 0.2) is 5.82 Å². The Morgan fingerprint density at radius 3 is 2.94 bits per heavy atom. The lowest BCUT2D eigenvalue weighted by Gasteiger charge is -2.06. The van der Waals surface area contributed by atoms with E-state index in [0.717, 1.165) is 0 Å². The van der Waals surface area contributed by atoms with Gasteiger partial charge in [-0.1, -0.05) is 5.21 Å². The summed E-state index contributed by atoms with van der Waals surface area (Å²) in [7, 11) is 1.48. The lowest BCUT2D eigenvalue weighted by atomic mass is 10.3. The molecule has 84 valence electrons. The van der Waals surface area contributed by atoms with E-state index in [-0.39, 0.29) is 5.88 Å². The molecule has 2 rings (SSSR count). The fourth-order valence-corrected chi connectivity index (χ4v) is 1.52. The van der Waals surface area contributed by atoms with Crippen molar-refractivity contribution in [2.24, 2.45) is 0 Å². The van der Waals surface area contributed by atoms with Gasteiger partial charge in [-0.3, -0.25) is 0 Å². The van der Waals surface area contributed by atoms with Crippen LogP contribution in [0.3, 0.4) is 0 Å². The molecular weight excluding hydrogens is 233 g/mol. The predicted molar refractivity (Wildman–Crippen MR) is 57.4 cm³/mol. The Bertz CT molecular complexity index is 501. The lowest BCUT2D eigenvalue weighted by molar-refractivity contribution is 0.411. The number of halogens is 2. The van der Waals surface area contributed by atoms with Crippen LogP contribution in [-0.2, 0) is 5.88 Å². The third-order valence-electron chi connectivity index (χ3n) is 2.14. The van der Waals surface area contributed by atoms with Crippen LogP contribution in [0.5, 0.6) is 5.75 Å². The molecule has 0 bridgehead atoms. The summed E-state index contributed by atoms with van der Waals surface area (Å²) in [5, 5.41) is 7.46. The summed E-state index contributed by atoms with van der Waals surface area (Å²) >= 11 is 5.69. The van der Waals surface area contributed by atoms with Crippen LogP contribution in [0.4, 0.5) is 4.39 Å². The van der Waals surface area contributed by atoms with Gasteiger partial charge >= 0.3 is 0 Å². The van der Waals surface area contributed by atoms with Gasteiger partial charge in [-0.15, -0.1) is 16.7 Å². The van der Waals surface area contributed by atoms with Crippen LogP contribution in [0.15, 0.2) is 24.4 Å². The summed E-state index contributed by atoms with van der Waals surface area (Å²) in [5.41, 5.74) is 0.930. The number of alkyl halides is 1. The van der Waals surface area contributed by atoms with Crippen LogP contribution in [0.1, 0.15) is 5.69 Å². The Hall–Kier alpha value is -1.62. The molecule has 1 aromatic heterocycles. The Morgan fingerprint density at radius 2 is 2.31 bits per heavy atom. The fourth-order valence-electron chi connectivity index (χ4n) is 1.34. The molecule has 0 amide bonds. The van der Waals surface area contributed by atoms with E-state index >= 15 is 0 Å². The second kappa shape index (κ2) is 4.49. The first-order valence-corrected chi connectivity index (χ1v) is 5.09. The van der Waals surface area contributed by atoms with Gasteiger partial charge in [0.1, 0.15) is 11.4 Å². The monoisotopic (exact) mass is 241 g/mol. The molecule has 1 heterocycles. The summed E-state index contributed by atoms with van der Waals surface area (Å²) in [6.45, 7) is 0. The molecule has 0 radical (unpaired) electrons. The number of hydrogen-bond donors (Lipinski definition) is 0. The van der Waals surface area contributed by atoms with Crippen LogP contribution in [0.25, 0.3) is 5.69 Å². The van der Waals surface area contributed by atoms with E-state index in [4.69, 9.17) is 16.3 Å². The third kappa shape index (κ3) is 1.86. The van der Waals surface area contributed by atoms with Gasteiger partial charge in [-0.2, -0.15) is 0 Å². The smallest absolute Gasteiger partial charge is 0.152 e. The first kappa shape index (κ1) is 10.9. The maximum absolute atomic E-state index is 13.7. The molecule has 4 nitrogen and oxygen atoms in total. The lowest BCUT2D eigenvalue weighted by Crippen LogP contribution is -2.03. The van der Waals surface area contributed by atoms with Crippen molar-refractivity contribution in [2.45, 2.75) is 5.88 Å². The van der Waals surface area contributed by atoms with E-state index in [1.165, 1.54) is 24.1 Å². The molecule has 0 saturated carbocycles. The van der Waals surface area contributed by atoms with E-state index in [1.807, 2.05) is 0 Å². The highest BCUT2D eigenvalue weighted by molar-refractivity contribution is 6.16. The highest BCUT2D eigenvalue weighted by Crippen LogP contribution is 2.20. The number of rotatable bonds is 3. The largest absolute Gasteiger partial charge is 0.497 e. The number of nitrogens with zero attached hydrogens (tertiary/aromatic N) is 3. The standard InChI is InChI=1S/C10H9ClFN3O/c1-16-8-2-3-10(9(12)4-8)15-7(5-11)6-13-14-15/h2-4,6H,5H2,1H3. The van der Waals surface area contributed by atoms with E-state index < -0.39 is 5.82 Å². The minimum Gasteiger partial charge on any atom is -0.497 e. The van der Waals surface area contributed by atoms with E-state index in [1.54, 1.807) is 12.1 Å². The number of ether oxygens (including phenoxy) is 1. The van der Waals surface area contributed by atoms with Crippen molar-refractivity contribution in [2.75, 3.05) is 7.11 Å². The van der Waals surface area contributed by atoms with Crippen LogP contribution in [-0.4, -0.2) is 22.1 Å². The molecule has 0 saturated heterocycles. The Labute approximate surface area is 96.6 Å². The Morgan fingerprint density at radius 1 is 1.50 bits per heavy atom. The fraction of sp³-hybridized carbons (Fsp3) is 0.200. The molecule has 6 heteroatoms. The number of hydrogen-bond acceptors (Lipinski definition) is 3. The van der Waals surface area contributed by atoms with Crippen molar-refractivity contribution in [3.05, 3.63) is 35.9 Å². The molecule has 2 aromatic rings.